The van der Waals surface area contributed by atoms with Crippen molar-refractivity contribution in [1.29, 1.82) is 0 Å². The van der Waals surface area contributed by atoms with Gasteiger partial charge in [-0.2, -0.15) is 11.8 Å². The summed E-state index contributed by atoms with van der Waals surface area (Å²) in [4.78, 5) is 11.5. The molecule has 1 aliphatic rings. The maximum Gasteiger partial charge on any atom is 0.230 e. The van der Waals surface area contributed by atoms with Crippen LogP contribution < -0.4 is 11.1 Å². The largest absolute Gasteiger partial charge is 0.355 e. The summed E-state index contributed by atoms with van der Waals surface area (Å²) in [6.07, 6.45) is 9.42. The first-order chi connectivity index (χ1) is 8.68. The first kappa shape index (κ1) is 15.6. The van der Waals surface area contributed by atoms with Crippen LogP contribution in [-0.4, -0.2) is 30.0 Å². The van der Waals surface area contributed by atoms with Gasteiger partial charge >= 0.3 is 0 Å². The van der Waals surface area contributed by atoms with Gasteiger partial charge in [0.15, 0.2) is 0 Å². The molecule has 0 fully saturated rings. The van der Waals surface area contributed by atoms with Gasteiger partial charge in [-0.25, -0.2) is 0 Å². The van der Waals surface area contributed by atoms with Gasteiger partial charge in [-0.15, -0.1) is 0 Å². The molecule has 104 valence electrons. The van der Waals surface area contributed by atoms with Gasteiger partial charge < -0.3 is 11.1 Å². The number of nitrogens with one attached hydrogen (secondary N) is 1. The summed E-state index contributed by atoms with van der Waals surface area (Å²) in [6.45, 7) is 2.79. The third kappa shape index (κ3) is 7.77. The lowest BCUT2D eigenvalue weighted by molar-refractivity contribution is -0.118. The molecule has 3 nitrogen and oxygen atoms in total. The molecule has 0 heterocycles. The fourth-order valence-electron chi connectivity index (χ4n) is 1.98. The molecule has 0 bridgehead atoms. The number of hydrogen-bond donors (Lipinski definition) is 2. The van der Waals surface area contributed by atoms with Crippen molar-refractivity contribution in [3.63, 3.8) is 0 Å². The number of amides is 1. The second kappa shape index (κ2) is 9.45. The second-order valence-electron chi connectivity index (χ2n) is 5.03. The first-order valence-corrected chi connectivity index (χ1v) is 8.12. The Kier molecular flexibility index (Phi) is 8.18. The average Bonchev–Trinajstić information content (AvgIpc) is 2.36. The zero-order chi connectivity index (χ0) is 13.2. The molecule has 0 saturated heterocycles. The van der Waals surface area contributed by atoms with Crippen molar-refractivity contribution in [2.75, 3.05) is 18.1 Å². The molecule has 0 aromatic carbocycles. The topological polar surface area (TPSA) is 55.1 Å². The van der Waals surface area contributed by atoms with Gasteiger partial charge in [0.2, 0.25) is 5.91 Å². The van der Waals surface area contributed by atoms with Crippen LogP contribution in [0.4, 0.5) is 0 Å². The van der Waals surface area contributed by atoms with Gasteiger partial charge in [-0.05, 0) is 51.2 Å². The van der Waals surface area contributed by atoms with Gasteiger partial charge in [0.05, 0.1) is 5.75 Å². The molecule has 0 aromatic rings. The highest BCUT2D eigenvalue weighted by molar-refractivity contribution is 7.99. The van der Waals surface area contributed by atoms with Crippen molar-refractivity contribution in [1.82, 2.24) is 5.32 Å². The summed E-state index contributed by atoms with van der Waals surface area (Å²) < 4.78 is 0. The van der Waals surface area contributed by atoms with E-state index in [0.29, 0.717) is 5.75 Å². The van der Waals surface area contributed by atoms with Crippen LogP contribution in [-0.2, 0) is 4.79 Å². The van der Waals surface area contributed by atoms with Gasteiger partial charge in [-0.3, -0.25) is 4.79 Å². The molecule has 0 radical (unpaired) electrons. The lowest BCUT2D eigenvalue weighted by Gasteiger charge is -2.12. The number of carbonyl (C=O) groups excluding carboxylic acids is 1. The summed E-state index contributed by atoms with van der Waals surface area (Å²) in [5, 5.41) is 2.99. The number of rotatable bonds is 8. The molecule has 4 heteroatoms. The molecule has 0 spiro atoms. The van der Waals surface area contributed by atoms with Crippen molar-refractivity contribution in [3.8, 4) is 0 Å². The van der Waals surface area contributed by atoms with Crippen molar-refractivity contribution in [2.45, 2.75) is 51.5 Å². The molecule has 3 N–H and O–H groups in total. The van der Waals surface area contributed by atoms with E-state index in [9.17, 15) is 4.79 Å². The second-order valence-corrected chi connectivity index (χ2v) is 6.13. The number of allylic oxidation sites excluding steroid dienone is 1. The van der Waals surface area contributed by atoms with Gasteiger partial charge in [0.1, 0.15) is 0 Å². The molecule has 18 heavy (non-hydrogen) atoms. The van der Waals surface area contributed by atoms with Gasteiger partial charge in [0.25, 0.3) is 0 Å². The van der Waals surface area contributed by atoms with Crippen molar-refractivity contribution in [2.24, 2.45) is 5.73 Å². The zero-order valence-corrected chi connectivity index (χ0v) is 12.2. The highest BCUT2D eigenvalue weighted by Gasteiger charge is 2.05. The molecule has 1 rings (SSSR count). The number of carbonyl (C=O) groups is 1. The van der Waals surface area contributed by atoms with Crippen molar-refractivity contribution in [3.05, 3.63) is 11.6 Å². The monoisotopic (exact) mass is 270 g/mol. The minimum atomic E-state index is 0.154. The molecule has 0 aromatic heterocycles. The Morgan fingerprint density at radius 1 is 1.56 bits per heavy atom. The van der Waals surface area contributed by atoms with Crippen molar-refractivity contribution < 1.29 is 4.79 Å². The zero-order valence-electron chi connectivity index (χ0n) is 11.4. The summed E-state index contributed by atoms with van der Waals surface area (Å²) in [5.41, 5.74) is 7.17. The third-order valence-corrected chi connectivity index (χ3v) is 4.09. The van der Waals surface area contributed by atoms with E-state index in [-0.39, 0.29) is 11.9 Å². The number of hydrogen-bond acceptors (Lipinski definition) is 3. The van der Waals surface area contributed by atoms with E-state index in [4.69, 9.17) is 5.73 Å². The number of nitrogens with two attached hydrogens (primary N) is 1. The smallest absolute Gasteiger partial charge is 0.230 e. The highest BCUT2D eigenvalue weighted by atomic mass is 32.2. The predicted molar refractivity (Wildman–Crippen MR) is 79.8 cm³/mol. The van der Waals surface area contributed by atoms with E-state index in [1.54, 1.807) is 11.8 Å². The maximum absolute atomic E-state index is 11.5. The van der Waals surface area contributed by atoms with Gasteiger partial charge in [-0.1, -0.05) is 11.6 Å². The van der Waals surface area contributed by atoms with Crippen LogP contribution in [0, 0.1) is 0 Å². The summed E-state index contributed by atoms with van der Waals surface area (Å²) in [5.74, 6) is 1.68. The maximum atomic E-state index is 11.5. The minimum Gasteiger partial charge on any atom is -0.355 e. The molecular formula is C14H26N2OS. The summed E-state index contributed by atoms with van der Waals surface area (Å²) in [6, 6.07) is 0.235. The SMILES string of the molecule is CC(N)CCSCC(=O)NCCC1=CCCCC1. The molecule has 1 unspecified atom stereocenters. The lowest BCUT2D eigenvalue weighted by atomic mass is 9.97. The third-order valence-electron chi connectivity index (χ3n) is 3.10. The van der Waals surface area contributed by atoms with Crippen LogP contribution in [0.5, 0.6) is 0 Å². The standard InChI is InChI=1S/C14H26N2OS/c1-12(15)8-10-18-11-14(17)16-9-7-13-5-3-2-4-6-13/h5,12H,2-4,6-11,15H2,1H3,(H,16,17). The van der Waals surface area contributed by atoms with E-state index in [0.717, 1.165) is 25.1 Å². The van der Waals surface area contributed by atoms with Crippen LogP contribution in [0.3, 0.4) is 0 Å². The Labute approximate surface area is 115 Å². The van der Waals surface area contributed by atoms with Crippen LogP contribution >= 0.6 is 11.8 Å². The van der Waals surface area contributed by atoms with E-state index < -0.39 is 0 Å². The minimum absolute atomic E-state index is 0.154. The number of thioether (sulfide) groups is 1. The van der Waals surface area contributed by atoms with Crippen LogP contribution in [0.2, 0.25) is 0 Å². The Morgan fingerprint density at radius 3 is 3.06 bits per heavy atom. The van der Waals surface area contributed by atoms with Crippen molar-refractivity contribution >= 4 is 17.7 Å². The van der Waals surface area contributed by atoms with Gasteiger partial charge in [0, 0.05) is 12.6 Å². The van der Waals surface area contributed by atoms with Crippen LogP contribution in [0.25, 0.3) is 0 Å². The Hall–Kier alpha value is -0.480. The van der Waals surface area contributed by atoms with E-state index >= 15 is 0 Å². The molecule has 1 amide bonds. The fraction of sp³-hybridized carbons (Fsp3) is 0.786. The molecule has 1 atom stereocenters. The Bertz CT molecular complexity index is 277. The van der Waals surface area contributed by atoms with Crippen LogP contribution in [0.15, 0.2) is 11.6 Å². The van der Waals surface area contributed by atoms with Crippen LogP contribution in [0.1, 0.15) is 45.4 Å². The highest BCUT2D eigenvalue weighted by Crippen LogP contribution is 2.19. The fourth-order valence-corrected chi connectivity index (χ4v) is 2.95. The van der Waals surface area contributed by atoms with E-state index in [2.05, 4.69) is 11.4 Å². The summed E-state index contributed by atoms with van der Waals surface area (Å²) in [7, 11) is 0. The predicted octanol–water partition coefficient (Wildman–Crippen LogP) is 2.46. The Balaban J connectivity index is 1.98. The Morgan fingerprint density at radius 2 is 2.39 bits per heavy atom. The van der Waals surface area contributed by atoms with E-state index in [1.807, 2.05) is 6.92 Å². The average molecular weight is 270 g/mol. The molecule has 0 aliphatic heterocycles. The quantitative estimate of drug-likeness (QED) is 0.526. The first-order valence-electron chi connectivity index (χ1n) is 6.96. The summed E-state index contributed by atoms with van der Waals surface area (Å²) >= 11 is 1.67. The lowest BCUT2D eigenvalue weighted by Crippen LogP contribution is -2.27. The molecule has 1 aliphatic carbocycles. The normalized spacial score (nSPS) is 17.1. The van der Waals surface area contributed by atoms with E-state index in [1.165, 1.54) is 31.3 Å². The molecular weight excluding hydrogens is 244 g/mol. The molecule has 0 saturated carbocycles.